The minimum atomic E-state index is 0.0346. The average Bonchev–Trinajstić information content (AvgIpc) is 2.17. The van der Waals surface area contributed by atoms with Gasteiger partial charge in [0.15, 0.2) is 0 Å². The van der Waals surface area contributed by atoms with Crippen molar-refractivity contribution in [2.45, 2.75) is 38.0 Å². The van der Waals surface area contributed by atoms with E-state index in [1.165, 1.54) is 0 Å². The largest absolute Gasteiger partial charge is 0.341 e. The van der Waals surface area contributed by atoms with Crippen molar-refractivity contribution in [2.24, 2.45) is 5.73 Å². The third-order valence-electron chi connectivity index (χ3n) is 2.55. The van der Waals surface area contributed by atoms with Gasteiger partial charge < -0.3 is 10.6 Å². The summed E-state index contributed by atoms with van der Waals surface area (Å²) in [5.41, 5.74) is 5.76. The van der Waals surface area contributed by atoms with Crippen LogP contribution < -0.4 is 5.73 Å². The first-order valence-electron chi connectivity index (χ1n) is 5.28. The van der Waals surface area contributed by atoms with E-state index in [1.54, 1.807) is 0 Å². The maximum atomic E-state index is 11.7. The molecule has 1 aliphatic rings. The molecule has 0 spiro atoms. The molecule has 0 aliphatic carbocycles. The number of nitrogens with two attached hydrogens (primary N) is 1. The van der Waals surface area contributed by atoms with Gasteiger partial charge in [-0.05, 0) is 6.42 Å². The van der Waals surface area contributed by atoms with Gasteiger partial charge in [-0.15, -0.1) is 0 Å². The van der Waals surface area contributed by atoms with E-state index >= 15 is 0 Å². The summed E-state index contributed by atoms with van der Waals surface area (Å²) in [6.07, 6.45) is 1.39. The Balaban J connectivity index is 2.36. The number of hydrogen-bond donors (Lipinski definition) is 1. The van der Waals surface area contributed by atoms with E-state index in [0.29, 0.717) is 11.7 Å². The van der Waals surface area contributed by atoms with Gasteiger partial charge in [0.1, 0.15) is 0 Å². The highest BCUT2D eigenvalue weighted by molar-refractivity contribution is 7.99. The molecule has 1 saturated heterocycles. The highest BCUT2D eigenvalue weighted by atomic mass is 32.2. The topological polar surface area (TPSA) is 46.3 Å². The van der Waals surface area contributed by atoms with Gasteiger partial charge in [0.05, 0.1) is 0 Å². The molecular weight excluding hydrogens is 196 g/mol. The van der Waals surface area contributed by atoms with Crippen LogP contribution in [0, 0.1) is 0 Å². The summed E-state index contributed by atoms with van der Waals surface area (Å²) in [5, 5.41) is 0.575. The van der Waals surface area contributed by atoms with Gasteiger partial charge in [0.25, 0.3) is 0 Å². The van der Waals surface area contributed by atoms with Crippen LogP contribution in [0.2, 0.25) is 0 Å². The Morgan fingerprint density at radius 2 is 2.43 bits per heavy atom. The van der Waals surface area contributed by atoms with Crippen molar-refractivity contribution in [1.82, 2.24) is 4.90 Å². The minimum Gasteiger partial charge on any atom is -0.341 e. The number of rotatable bonds is 3. The predicted molar refractivity (Wildman–Crippen MR) is 61.4 cm³/mol. The lowest BCUT2D eigenvalue weighted by Gasteiger charge is -2.31. The molecule has 1 fully saturated rings. The van der Waals surface area contributed by atoms with E-state index in [1.807, 2.05) is 23.6 Å². The lowest BCUT2D eigenvalue weighted by Crippen LogP contribution is -2.43. The summed E-state index contributed by atoms with van der Waals surface area (Å²) in [6, 6.07) is 0.0346. The predicted octanol–water partition coefficient (Wildman–Crippen LogP) is 1.08. The van der Waals surface area contributed by atoms with E-state index in [0.717, 1.165) is 25.3 Å². The fourth-order valence-corrected chi connectivity index (χ4v) is 2.56. The summed E-state index contributed by atoms with van der Waals surface area (Å²) in [5.74, 6) is 1.29. The molecule has 14 heavy (non-hydrogen) atoms. The van der Waals surface area contributed by atoms with Crippen molar-refractivity contribution in [3.63, 3.8) is 0 Å². The SMILES string of the molecule is CCC(N)CC(=O)N1CCSC(C)C1. The van der Waals surface area contributed by atoms with Crippen LogP contribution in [0.1, 0.15) is 26.7 Å². The number of amides is 1. The standard InChI is InChI=1S/C10H20N2OS/c1-3-9(11)6-10(13)12-4-5-14-8(2)7-12/h8-9H,3-7,11H2,1-2H3. The van der Waals surface area contributed by atoms with E-state index in [4.69, 9.17) is 5.73 Å². The van der Waals surface area contributed by atoms with Gasteiger partial charge >= 0.3 is 0 Å². The van der Waals surface area contributed by atoms with Gasteiger partial charge in [0.2, 0.25) is 5.91 Å². The molecule has 0 aromatic rings. The van der Waals surface area contributed by atoms with Crippen LogP contribution in [0.4, 0.5) is 0 Å². The van der Waals surface area contributed by atoms with Gasteiger partial charge in [-0.3, -0.25) is 4.79 Å². The molecule has 0 bridgehead atoms. The highest BCUT2D eigenvalue weighted by Gasteiger charge is 2.21. The number of hydrogen-bond acceptors (Lipinski definition) is 3. The van der Waals surface area contributed by atoms with E-state index in [9.17, 15) is 4.79 Å². The lowest BCUT2D eigenvalue weighted by molar-refractivity contribution is -0.131. The van der Waals surface area contributed by atoms with Crippen LogP contribution in [0.25, 0.3) is 0 Å². The van der Waals surface area contributed by atoms with Gasteiger partial charge in [-0.2, -0.15) is 11.8 Å². The van der Waals surface area contributed by atoms with Crippen molar-refractivity contribution in [3.05, 3.63) is 0 Å². The molecule has 1 rings (SSSR count). The van der Waals surface area contributed by atoms with Crippen LogP contribution >= 0.6 is 11.8 Å². The monoisotopic (exact) mass is 216 g/mol. The Labute approximate surface area is 90.4 Å². The van der Waals surface area contributed by atoms with Crippen molar-refractivity contribution in [3.8, 4) is 0 Å². The number of carbonyl (C=O) groups excluding carboxylic acids is 1. The van der Waals surface area contributed by atoms with Crippen molar-refractivity contribution < 1.29 is 4.79 Å². The summed E-state index contributed by atoms with van der Waals surface area (Å²) in [4.78, 5) is 13.7. The van der Waals surface area contributed by atoms with Crippen LogP contribution in [0.15, 0.2) is 0 Å². The molecule has 4 heteroatoms. The number of thioether (sulfide) groups is 1. The Hall–Kier alpha value is -0.220. The summed E-state index contributed by atoms with van der Waals surface area (Å²) >= 11 is 1.94. The maximum Gasteiger partial charge on any atom is 0.224 e. The number of carbonyl (C=O) groups is 1. The van der Waals surface area contributed by atoms with E-state index in [2.05, 4.69) is 6.92 Å². The molecule has 0 saturated carbocycles. The van der Waals surface area contributed by atoms with Crippen molar-refractivity contribution >= 4 is 17.7 Å². The first-order valence-corrected chi connectivity index (χ1v) is 6.33. The normalized spacial score (nSPS) is 24.8. The van der Waals surface area contributed by atoms with Gasteiger partial charge in [0, 0.05) is 36.6 Å². The van der Waals surface area contributed by atoms with Crippen LogP contribution in [-0.4, -0.2) is 40.9 Å². The zero-order valence-electron chi connectivity index (χ0n) is 9.03. The van der Waals surface area contributed by atoms with E-state index in [-0.39, 0.29) is 11.9 Å². The maximum absolute atomic E-state index is 11.7. The quantitative estimate of drug-likeness (QED) is 0.768. The fourth-order valence-electron chi connectivity index (χ4n) is 1.54. The Kier molecular flexibility index (Phi) is 4.75. The summed E-state index contributed by atoms with van der Waals surface area (Å²) < 4.78 is 0. The van der Waals surface area contributed by atoms with Crippen LogP contribution in [0.3, 0.4) is 0 Å². The molecule has 82 valence electrons. The second-order valence-electron chi connectivity index (χ2n) is 3.89. The molecule has 1 heterocycles. The van der Waals surface area contributed by atoms with Gasteiger partial charge in [-0.1, -0.05) is 13.8 Å². The minimum absolute atomic E-state index is 0.0346. The molecule has 1 amide bonds. The zero-order chi connectivity index (χ0) is 10.6. The van der Waals surface area contributed by atoms with Crippen molar-refractivity contribution in [2.75, 3.05) is 18.8 Å². The zero-order valence-corrected chi connectivity index (χ0v) is 9.85. The second-order valence-corrected chi connectivity index (χ2v) is 5.44. The first kappa shape index (κ1) is 11.9. The Morgan fingerprint density at radius 3 is 3.00 bits per heavy atom. The Bertz CT molecular complexity index is 199. The third-order valence-corrected chi connectivity index (χ3v) is 3.69. The van der Waals surface area contributed by atoms with Crippen LogP contribution in [-0.2, 0) is 4.79 Å². The molecular formula is C10H20N2OS. The highest BCUT2D eigenvalue weighted by Crippen LogP contribution is 2.18. The fraction of sp³-hybridized carbons (Fsp3) is 0.900. The molecule has 0 aromatic carbocycles. The molecule has 0 aromatic heterocycles. The average molecular weight is 216 g/mol. The van der Waals surface area contributed by atoms with Crippen LogP contribution in [0.5, 0.6) is 0 Å². The third kappa shape index (κ3) is 3.50. The molecule has 3 nitrogen and oxygen atoms in total. The smallest absolute Gasteiger partial charge is 0.224 e. The van der Waals surface area contributed by atoms with Gasteiger partial charge in [-0.25, -0.2) is 0 Å². The number of nitrogens with zero attached hydrogens (tertiary/aromatic N) is 1. The second kappa shape index (κ2) is 5.61. The first-order chi connectivity index (χ1) is 6.63. The van der Waals surface area contributed by atoms with E-state index < -0.39 is 0 Å². The Morgan fingerprint density at radius 1 is 1.71 bits per heavy atom. The van der Waals surface area contributed by atoms with Crippen molar-refractivity contribution in [1.29, 1.82) is 0 Å². The molecule has 2 atom stereocenters. The molecule has 2 N–H and O–H groups in total. The lowest BCUT2D eigenvalue weighted by atomic mass is 10.1. The molecule has 2 unspecified atom stereocenters. The molecule has 0 radical (unpaired) electrons. The summed E-state index contributed by atoms with van der Waals surface area (Å²) in [6.45, 7) is 5.97. The summed E-state index contributed by atoms with van der Waals surface area (Å²) in [7, 11) is 0. The molecule has 1 aliphatic heterocycles.